The van der Waals surface area contributed by atoms with E-state index < -0.39 is 22.9 Å². The normalized spacial score (nSPS) is 15.0. The molecule has 0 unspecified atom stereocenters. The average molecular weight is 748 g/mol. The number of anilines is 1. The fourth-order valence-corrected chi connectivity index (χ4v) is 17.8. The lowest BCUT2D eigenvalue weighted by Crippen LogP contribution is -2.70. The lowest BCUT2D eigenvalue weighted by atomic mass is 10.2. The van der Waals surface area contributed by atoms with Crippen molar-refractivity contribution in [2.45, 2.75) is 77.8 Å². The highest BCUT2D eigenvalue weighted by atomic mass is 32.1. The van der Waals surface area contributed by atoms with Gasteiger partial charge >= 0.3 is 0 Å². The Hall–Kier alpha value is -3.87. The molecule has 1 aliphatic rings. The van der Waals surface area contributed by atoms with E-state index in [9.17, 15) is 4.79 Å². The van der Waals surface area contributed by atoms with Crippen molar-refractivity contribution < 1.29 is 13.6 Å². The Kier molecular flexibility index (Phi) is 11.1. The summed E-state index contributed by atoms with van der Waals surface area (Å²) in [5.41, 5.74) is 0.410. The third-order valence-corrected chi connectivity index (χ3v) is 21.2. The van der Waals surface area contributed by atoms with Crippen LogP contribution in [0.1, 0.15) is 65.9 Å². The van der Waals surface area contributed by atoms with Gasteiger partial charge in [0.15, 0.2) is 5.13 Å². The molecule has 1 N–H and O–H groups in total. The van der Waals surface area contributed by atoms with Gasteiger partial charge < -0.3 is 19.1 Å². The van der Waals surface area contributed by atoms with E-state index in [0.717, 1.165) is 18.2 Å². The molecule has 6 nitrogen and oxygen atoms in total. The van der Waals surface area contributed by atoms with Gasteiger partial charge in [0.25, 0.3) is 22.5 Å². The second-order valence-corrected chi connectivity index (χ2v) is 25.6. The molecule has 5 aromatic rings. The lowest BCUT2D eigenvalue weighted by Gasteiger charge is -2.49. The molecule has 0 bridgehead atoms. The molecular formula is C43H53N3O3SSi2. The fraction of sp³-hybridized carbons (Fsp3) is 0.349. The summed E-state index contributed by atoms with van der Waals surface area (Å²) in [6, 6.07) is 42.6. The smallest absolute Gasteiger partial charge is 0.272 e. The number of amides is 1. The van der Waals surface area contributed by atoms with Crippen molar-refractivity contribution in [1.29, 1.82) is 0 Å². The first-order valence-electron chi connectivity index (χ1n) is 18.4. The molecule has 1 fully saturated rings. The summed E-state index contributed by atoms with van der Waals surface area (Å²) >= 11 is 1.50. The van der Waals surface area contributed by atoms with Crippen LogP contribution in [0, 0.1) is 5.92 Å². The van der Waals surface area contributed by atoms with Crippen LogP contribution in [-0.4, -0.2) is 52.9 Å². The molecule has 1 amide bonds. The van der Waals surface area contributed by atoms with E-state index in [4.69, 9.17) is 13.8 Å². The maximum atomic E-state index is 13.9. The van der Waals surface area contributed by atoms with Crippen molar-refractivity contribution in [2.75, 3.05) is 18.0 Å². The van der Waals surface area contributed by atoms with Gasteiger partial charge in [0.2, 0.25) is 0 Å². The molecule has 6 rings (SSSR count). The van der Waals surface area contributed by atoms with Gasteiger partial charge in [-0.2, -0.15) is 0 Å². The number of carbonyl (C=O) groups is 1. The second kappa shape index (κ2) is 15.2. The van der Waals surface area contributed by atoms with Gasteiger partial charge in [-0.05, 0) is 36.7 Å². The third kappa shape index (κ3) is 7.34. The number of nitrogens with one attached hydrogen (secondary N) is 1. The van der Waals surface area contributed by atoms with Gasteiger partial charge in [0, 0.05) is 18.5 Å². The summed E-state index contributed by atoms with van der Waals surface area (Å²) < 4.78 is 14.7. The molecule has 1 atom stereocenters. The van der Waals surface area contributed by atoms with Crippen molar-refractivity contribution in [1.82, 2.24) is 10.3 Å². The standard InChI is InChI=1S/C43H53N3O3SSi2/c1-32(2)40(49-52(43(6,7)8,36-25-17-11-18-26-36)37-27-19-12-20-28-37)45-39(47)38-31-50-41(44-38)46-29-33(30-46)48-51(42(3,4)5,34-21-13-9-14-22-34)35-23-15-10-16-24-35/h9-28,31-33,40H,29-30H2,1-8H3,(H,45,47)/t40-/m0/s1. The van der Waals surface area contributed by atoms with Crippen LogP contribution in [0.3, 0.4) is 0 Å². The number of nitrogens with zero attached hydrogens (tertiary/aromatic N) is 2. The summed E-state index contributed by atoms with van der Waals surface area (Å²) in [6.07, 6.45) is -0.463. The molecule has 1 saturated heterocycles. The van der Waals surface area contributed by atoms with Gasteiger partial charge in [-0.3, -0.25) is 4.79 Å². The van der Waals surface area contributed by atoms with Crippen molar-refractivity contribution in [3.05, 3.63) is 132 Å². The first kappa shape index (κ1) is 37.9. The van der Waals surface area contributed by atoms with Crippen molar-refractivity contribution in [3.8, 4) is 0 Å². The number of aromatic nitrogens is 1. The highest BCUT2D eigenvalue weighted by molar-refractivity contribution is 7.14. The second-order valence-electron chi connectivity index (χ2n) is 16.2. The van der Waals surface area contributed by atoms with Crippen LogP contribution in [0.4, 0.5) is 5.13 Å². The fourth-order valence-electron chi connectivity index (χ4n) is 7.54. The SMILES string of the molecule is CC(C)[C@@H](NC(=O)c1csc(N2CC(O[Si](c3ccccc3)(c3ccccc3)C(C)(C)C)C2)n1)O[Si](c1ccccc1)(c1ccccc1)C(C)(C)C. The van der Waals surface area contributed by atoms with Crippen LogP contribution in [0.2, 0.25) is 10.1 Å². The van der Waals surface area contributed by atoms with E-state index in [0.29, 0.717) is 5.69 Å². The Morgan fingerprint density at radius 2 is 1.12 bits per heavy atom. The van der Waals surface area contributed by atoms with Crippen LogP contribution in [0.25, 0.3) is 0 Å². The van der Waals surface area contributed by atoms with E-state index in [2.05, 4.69) is 175 Å². The zero-order valence-corrected chi connectivity index (χ0v) is 34.6. The van der Waals surface area contributed by atoms with E-state index in [1.165, 1.54) is 32.1 Å². The van der Waals surface area contributed by atoms with Crippen LogP contribution < -0.4 is 31.0 Å². The number of rotatable bonds is 12. The number of thiazole rings is 1. The summed E-state index contributed by atoms with van der Waals surface area (Å²) in [5, 5.41) is 10.6. The minimum absolute atomic E-state index is 0.0264. The van der Waals surface area contributed by atoms with Gasteiger partial charge in [-0.1, -0.05) is 177 Å². The van der Waals surface area contributed by atoms with Crippen LogP contribution in [0.5, 0.6) is 0 Å². The van der Waals surface area contributed by atoms with Gasteiger partial charge in [-0.15, -0.1) is 11.3 Å². The lowest BCUT2D eigenvalue weighted by molar-refractivity contribution is 0.0699. The summed E-state index contributed by atoms with van der Waals surface area (Å²) in [4.78, 5) is 21.0. The van der Waals surface area contributed by atoms with E-state index in [1.54, 1.807) is 0 Å². The Bertz CT molecular complexity index is 1820. The largest absolute Gasteiger partial charge is 0.401 e. The molecule has 1 aliphatic heterocycles. The summed E-state index contributed by atoms with van der Waals surface area (Å²) in [6.45, 7) is 19.3. The number of hydrogen-bond acceptors (Lipinski definition) is 6. The summed E-state index contributed by atoms with van der Waals surface area (Å²) in [5.74, 6) is -0.196. The average Bonchev–Trinajstić information content (AvgIpc) is 3.60. The molecule has 2 heterocycles. The Morgan fingerprint density at radius 1 is 0.712 bits per heavy atom. The zero-order chi connectivity index (χ0) is 37.1. The zero-order valence-electron chi connectivity index (χ0n) is 31.8. The molecule has 1 aromatic heterocycles. The minimum atomic E-state index is -2.89. The molecule has 0 saturated carbocycles. The van der Waals surface area contributed by atoms with Gasteiger partial charge in [0.1, 0.15) is 11.9 Å². The van der Waals surface area contributed by atoms with Gasteiger partial charge in [0.05, 0.1) is 6.10 Å². The maximum Gasteiger partial charge on any atom is 0.272 e. The van der Waals surface area contributed by atoms with Crippen LogP contribution in [-0.2, 0) is 8.85 Å². The molecular weight excluding hydrogens is 695 g/mol. The van der Waals surface area contributed by atoms with Crippen molar-refractivity contribution in [3.63, 3.8) is 0 Å². The molecule has 272 valence electrons. The summed E-state index contributed by atoms with van der Waals surface area (Å²) in [7, 11) is -5.55. The minimum Gasteiger partial charge on any atom is -0.401 e. The number of benzene rings is 4. The maximum absolute atomic E-state index is 13.9. The molecule has 0 aliphatic carbocycles. The Labute approximate surface area is 316 Å². The first-order chi connectivity index (χ1) is 24.8. The van der Waals surface area contributed by atoms with Crippen molar-refractivity contribution in [2.24, 2.45) is 5.92 Å². The highest BCUT2D eigenvalue weighted by Crippen LogP contribution is 2.40. The van der Waals surface area contributed by atoms with Gasteiger partial charge in [-0.25, -0.2) is 4.98 Å². The molecule has 9 heteroatoms. The molecule has 0 radical (unpaired) electrons. The first-order valence-corrected chi connectivity index (χ1v) is 23.0. The predicted molar refractivity (Wildman–Crippen MR) is 222 cm³/mol. The predicted octanol–water partition coefficient (Wildman–Crippen LogP) is 7.20. The topological polar surface area (TPSA) is 63.7 Å². The van der Waals surface area contributed by atoms with E-state index >= 15 is 0 Å². The molecule has 4 aromatic carbocycles. The number of hydrogen-bond donors (Lipinski definition) is 1. The Morgan fingerprint density at radius 3 is 1.50 bits per heavy atom. The highest BCUT2D eigenvalue weighted by Gasteiger charge is 2.54. The molecule has 0 spiro atoms. The van der Waals surface area contributed by atoms with Crippen LogP contribution >= 0.6 is 11.3 Å². The Balaban J connectivity index is 1.20. The number of carbonyl (C=O) groups excluding carboxylic acids is 1. The van der Waals surface area contributed by atoms with E-state index in [1.807, 2.05) is 17.5 Å². The third-order valence-electron chi connectivity index (χ3n) is 10.2. The monoisotopic (exact) mass is 747 g/mol. The van der Waals surface area contributed by atoms with Crippen molar-refractivity contribution >= 4 is 59.8 Å². The van der Waals surface area contributed by atoms with E-state index in [-0.39, 0.29) is 28.0 Å². The van der Waals surface area contributed by atoms with Crippen LogP contribution in [0.15, 0.2) is 127 Å². The quantitative estimate of drug-likeness (QED) is 0.108. The molecule has 52 heavy (non-hydrogen) atoms.